The Bertz CT molecular complexity index is 680. The number of rotatable bonds is 3. The van der Waals surface area contributed by atoms with Crippen LogP contribution in [-0.2, 0) is 9.47 Å². The first-order valence-corrected chi connectivity index (χ1v) is 8.17. The van der Waals surface area contributed by atoms with Gasteiger partial charge in [0.1, 0.15) is 16.9 Å². The molecule has 1 aromatic heterocycles. The first-order valence-electron chi connectivity index (χ1n) is 7.79. The van der Waals surface area contributed by atoms with Crippen LogP contribution < -0.4 is 9.64 Å². The summed E-state index contributed by atoms with van der Waals surface area (Å²) in [5, 5.41) is 7.43. The number of aromatic nitrogens is 2. The Balaban J connectivity index is 3.60. The smallest absolute Gasteiger partial charge is 0.424 e. The van der Waals surface area contributed by atoms with Gasteiger partial charge in [-0.3, -0.25) is 0 Å². The van der Waals surface area contributed by atoms with E-state index in [0.29, 0.717) is 4.90 Å². The summed E-state index contributed by atoms with van der Waals surface area (Å²) in [6, 6.07) is 0. The number of halogens is 1. The van der Waals surface area contributed by atoms with Crippen LogP contribution in [-0.4, -0.2) is 40.7 Å². The molecule has 0 spiro atoms. The van der Waals surface area contributed by atoms with Crippen molar-refractivity contribution in [3.05, 3.63) is 17.3 Å². The molecule has 144 valence electrons. The van der Waals surface area contributed by atoms with Crippen LogP contribution in [0.4, 0.5) is 15.3 Å². The van der Waals surface area contributed by atoms with Crippen LogP contribution in [0.3, 0.4) is 0 Å². The number of carbonyl (C=O) groups excluding carboxylic acids is 2. The van der Waals surface area contributed by atoms with Crippen molar-refractivity contribution >= 4 is 35.6 Å². The molecule has 8 nitrogen and oxygen atoms in total. The Morgan fingerprint density at radius 2 is 1.50 bits per heavy atom. The van der Waals surface area contributed by atoms with Crippen LogP contribution >= 0.6 is 11.6 Å². The van der Waals surface area contributed by atoms with E-state index in [-0.39, 0.29) is 22.3 Å². The maximum Gasteiger partial charge on any atom is 0.424 e. The van der Waals surface area contributed by atoms with Gasteiger partial charge in [0.2, 0.25) is 0 Å². The topological polar surface area (TPSA) is 90.9 Å². The van der Waals surface area contributed by atoms with Crippen molar-refractivity contribution in [2.75, 3.05) is 12.0 Å². The summed E-state index contributed by atoms with van der Waals surface area (Å²) in [6.45, 7) is 13.6. The highest BCUT2D eigenvalue weighted by atomic mass is 35.5. The van der Waals surface area contributed by atoms with Gasteiger partial charge < -0.3 is 14.2 Å². The molecule has 9 heteroatoms. The highest BCUT2D eigenvalue weighted by Crippen LogP contribution is 2.36. The minimum Gasteiger partial charge on any atom is -0.478 e. The minimum absolute atomic E-state index is 0.0621. The zero-order chi connectivity index (χ0) is 20.3. The average molecular weight is 386 g/mol. The predicted molar refractivity (Wildman–Crippen MR) is 98.6 cm³/mol. The van der Waals surface area contributed by atoms with Crippen molar-refractivity contribution in [2.45, 2.75) is 52.7 Å². The van der Waals surface area contributed by atoms with Gasteiger partial charge in [-0.15, -0.1) is 10.2 Å². The van der Waals surface area contributed by atoms with Gasteiger partial charge in [-0.1, -0.05) is 24.3 Å². The van der Waals surface area contributed by atoms with Gasteiger partial charge in [-0.2, -0.15) is 4.90 Å². The van der Waals surface area contributed by atoms with Crippen molar-refractivity contribution in [3.63, 3.8) is 0 Å². The fourth-order valence-corrected chi connectivity index (χ4v) is 2.01. The van der Waals surface area contributed by atoms with Crippen LogP contribution in [0.5, 0.6) is 5.88 Å². The zero-order valence-electron chi connectivity index (χ0n) is 16.0. The predicted octanol–water partition coefficient (Wildman–Crippen LogP) is 4.46. The van der Waals surface area contributed by atoms with Gasteiger partial charge in [-0.25, -0.2) is 9.59 Å². The molecule has 0 bridgehead atoms. The summed E-state index contributed by atoms with van der Waals surface area (Å²) in [5.41, 5.74) is -1.60. The van der Waals surface area contributed by atoms with Gasteiger partial charge >= 0.3 is 12.2 Å². The molecule has 0 aromatic carbocycles. The molecule has 1 aromatic rings. The van der Waals surface area contributed by atoms with Crippen LogP contribution in [0.15, 0.2) is 6.58 Å². The Morgan fingerprint density at radius 1 is 1.04 bits per heavy atom. The molecule has 0 aliphatic heterocycles. The fraction of sp³-hybridized carbons (Fsp3) is 0.529. The molecule has 0 atom stereocenters. The van der Waals surface area contributed by atoms with Gasteiger partial charge in [-0.05, 0) is 41.5 Å². The number of hydrogen-bond donors (Lipinski definition) is 0. The number of ether oxygens (including phenoxy) is 3. The molecular formula is C17H24ClN3O5. The molecule has 0 saturated heterocycles. The van der Waals surface area contributed by atoms with Crippen molar-refractivity contribution < 1.29 is 23.8 Å². The molecule has 0 unspecified atom stereocenters. The average Bonchev–Trinajstić information content (AvgIpc) is 2.44. The summed E-state index contributed by atoms with van der Waals surface area (Å²) in [4.78, 5) is 26.2. The number of nitrogens with zero attached hydrogens (tertiary/aromatic N) is 3. The third-order valence-electron chi connectivity index (χ3n) is 2.68. The standard InChI is InChI=1S/C17H24ClN3O5/c1-9-10-11(13(24-8)20-19-12(10)18)21(14(22)25-16(2,3)4)15(23)26-17(5,6)7/h9H,1H2,2-8H3. The van der Waals surface area contributed by atoms with E-state index in [1.54, 1.807) is 41.5 Å². The second-order valence-electron chi connectivity index (χ2n) is 7.26. The van der Waals surface area contributed by atoms with E-state index in [0.717, 1.165) is 0 Å². The highest BCUT2D eigenvalue weighted by Gasteiger charge is 2.37. The zero-order valence-corrected chi connectivity index (χ0v) is 16.8. The number of anilines is 1. The minimum atomic E-state index is -0.975. The van der Waals surface area contributed by atoms with E-state index < -0.39 is 23.4 Å². The lowest BCUT2D eigenvalue weighted by molar-refractivity contribution is 0.0429. The fourth-order valence-electron chi connectivity index (χ4n) is 1.81. The summed E-state index contributed by atoms with van der Waals surface area (Å²) < 4.78 is 15.8. The molecule has 26 heavy (non-hydrogen) atoms. The van der Waals surface area contributed by atoms with E-state index in [4.69, 9.17) is 25.8 Å². The van der Waals surface area contributed by atoms with Crippen LogP contribution in [0.25, 0.3) is 6.08 Å². The lowest BCUT2D eigenvalue weighted by Crippen LogP contribution is -2.44. The summed E-state index contributed by atoms with van der Waals surface area (Å²) in [6.07, 6.45) is -0.620. The molecule has 1 heterocycles. The normalized spacial score (nSPS) is 11.5. The van der Waals surface area contributed by atoms with Crippen LogP contribution in [0, 0.1) is 0 Å². The molecule has 0 aliphatic rings. The Hall–Kier alpha value is -2.35. The summed E-state index contributed by atoms with van der Waals surface area (Å²) >= 11 is 6.05. The molecule has 0 N–H and O–H groups in total. The summed E-state index contributed by atoms with van der Waals surface area (Å²) in [7, 11) is 1.32. The van der Waals surface area contributed by atoms with Gasteiger partial charge in [0, 0.05) is 5.56 Å². The molecule has 0 fully saturated rings. The van der Waals surface area contributed by atoms with Crippen molar-refractivity contribution in [2.24, 2.45) is 0 Å². The summed E-state index contributed by atoms with van der Waals surface area (Å²) in [5.74, 6) is -0.110. The number of imide groups is 1. The third-order valence-corrected chi connectivity index (χ3v) is 2.96. The van der Waals surface area contributed by atoms with Gasteiger partial charge in [0.15, 0.2) is 5.15 Å². The molecule has 1 rings (SSSR count). The highest BCUT2D eigenvalue weighted by molar-refractivity contribution is 6.31. The Morgan fingerprint density at radius 3 is 1.85 bits per heavy atom. The monoisotopic (exact) mass is 385 g/mol. The second kappa shape index (κ2) is 7.90. The molecule has 0 aliphatic carbocycles. The molecule has 0 radical (unpaired) electrons. The van der Waals surface area contributed by atoms with E-state index in [1.807, 2.05) is 0 Å². The van der Waals surface area contributed by atoms with E-state index in [1.165, 1.54) is 13.2 Å². The molecular weight excluding hydrogens is 362 g/mol. The quantitative estimate of drug-likeness (QED) is 0.758. The number of amides is 2. The largest absolute Gasteiger partial charge is 0.478 e. The van der Waals surface area contributed by atoms with Crippen molar-refractivity contribution in [3.8, 4) is 5.88 Å². The van der Waals surface area contributed by atoms with Crippen molar-refractivity contribution in [1.29, 1.82) is 0 Å². The Labute approximate surface area is 158 Å². The SMILES string of the molecule is C=Cc1c(Cl)nnc(OC)c1N(C(=O)OC(C)(C)C)C(=O)OC(C)(C)C. The first kappa shape index (κ1) is 21.7. The van der Waals surface area contributed by atoms with Crippen LogP contribution in [0.2, 0.25) is 5.15 Å². The van der Waals surface area contributed by atoms with E-state index in [9.17, 15) is 9.59 Å². The number of carbonyl (C=O) groups is 2. The van der Waals surface area contributed by atoms with Gasteiger partial charge in [0.05, 0.1) is 7.11 Å². The van der Waals surface area contributed by atoms with Gasteiger partial charge in [0.25, 0.3) is 5.88 Å². The van der Waals surface area contributed by atoms with Crippen LogP contribution in [0.1, 0.15) is 47.1 Å². The molecule has 0 saturated carbocycles. The number of hydrogen-bond acceptors (Lipinski definition) is 7. The number of methoxy groups -OCH3 is 1. The maximum atomic E-state index is 12.8. The van der Waals surface area contributed by atoms with E-state index in [2.05, 4.69) is 16.8 Å². The maximum absolute atomic E-state index is 12.8. The lowest BCUT2D eigenvalue weighted by atomic mass is 10.2. The molecule has 2 amide bonds. The van der Waals surface area contributed by atoms with E-state index >= 15 is 0 Å². The first-order chi connectivity index (χ1) is 11.8. The van der Waals surface area contributed by atoms with Crippen molar-refractivity contribution in [1.82, 2.24) is 10.2 Å². The second-order valence-corrected chi connectivity index (χ2v) is 7.62. The Kier molecular flexibility index (Phi) is 6.59. The lowest BCUT2D eigenvalue weighted by Gasteiger charge is -2.29. The third kappa shape index (κ3) is 5.59.